The third kappa shape index (κ3) is 4.49. The Bertz CT molecular complexity index is 1260. The quantitative estimate of drug-likeness (QED) is 0.171. The molecule has 1 aromatic heterocycles. The van der Waals surface area contributed by atoms with Gasteiger partial charge in [0.2, 0.25) is 0 Å². The average molecular weight is 414 g/mol. The molecule has 7 nitrogen and oxygen atoms in total. The Labute approximate surface area is 180 Å². The number of hydrogen-bond acceptors (Lipinski definition) is 6. The number of nitrogens with two attached hydrogens (primary N) is 1. The van der Waals surface area contributed by atoms with Crippen LogP contribution < -0.4 is 11.1 Å². The summed E-state index contributed by atoms with van der Waals surface area (Å²) in [5, 5.41) is 23.8. The van der Waals surface area contributed by atoms with Crippen molar-refractivity contribution in [2.75, 3.05) is 11.1 Å². The Morgan fingerprint density at radius 3 is 2.61 bits per heavy atom. The predicted molar refractivity (Wildman–Crippen MR) is 122 cm³/mol. The van der Waals surface area contributed by atoms with E-state index >= 15 is 0 Å². The minimum Gasteiger partial charge on any atom is -0.457 e. The highest BCUT2D eigenvalue weighted by molar-refractivity contribution is 5.74. The first-order chi connectivity index (χ1) is 14.7. The number of nitro benzene ring substituents is 1. The molecule has 0 saturated heterocycles. The Morgan fingerprint density at radius 1 is 1.19 bits per heavy atom. The number of nitriles is 1. The average Bonchev–Trinajstić information content (AvgIpc) is 3.18. The minimum atomic E-state index is -0.402. The molecule has 156 valence electrons. The second-order valence-electron chi connectivity index (χ2n) is 7.21. The lowest BCUT2D eigenvalue weighted by Crippen LogP contribution is -2.03. The highest BCUT2D eigenvalue weighted by Crippen LogP contribution is 2.32. The fraction of sp³-hybridized carbons (Fsp3) is 0.125. The zero-order valence-corrected chi connectivity index (χ0v) is 17.5. The molecule has 3 rings (SSSR count). The van der Waals surface area contributed by atoms with Gasteiger partial charge in [-0.2, -0.15) is 5.26 Å². The van der Waals surface area contributed by atoms with Crippen LogP contribution in [0.1, 0.15) is 22.5 Å². The van der Waals surface area contributed by atoms with Crippen molar-refractivity contribution in [1.29, 1.82) is 5.26 Å². The summed E-state index contributed by atoms with van der Waals surface area (Å²) in [7, 11) is 0. The van der Waals surface area contributed by atoms with E-state index < -0.39 is 4.92 Å². The van der Waals surface area contributed by atoms with Crippen molar-refractivity contribution in [2.24, 2.45) is 0 Å². The minimum absolute atomic E-state index is 0.0671. The number of nitrogens with zero attached hydrogens (tertiary/aromatic N) is 2. The van der Waals surface area contributed by atoms with Gasteiger partial charge in [-0.15, -0.1) is 0 Å². The molecule has 0 fully saturated rings. The van der Waals surface area contributed by atoms with Gasteiger partial charge in [0.15, 0.2) is 0 Å². The van der Waals surface area contributed by atoms with E-state index in [9.17, 15) is 15.4 Å². The van der Waals surface area contributed by atoms with Crippen LogP contribution >= 0.6 is 0 Å². The molecule has 0 unspecified atom stereocenters. The Morgan fingerprint density at radius 2 is 1.94 bits per heavy atom. The summed E-state index contributed by atoms with van der Waals surface area (Å²) < 4.78 is 5.89. The van der Waals surface area contributed by atoms with E-state index in [1.165, 1.54) is 6.07 Å². The SMILES string of the molecule is C=C(Nc1cc(C)ccc1N)/C(C#N)=C/c1ccc(-c2ccc([N+](=O)[O-])c(C)c2C)o1. The van der Waals surface area contributed by atoms with Gasteiger partial charge in [-0.05, 0) is 62.2 Å². The van der Waals surface area contributed by atoms with Crippen LogP contribution in [0.5, 0.6) is 0 Å². The molecule has 7 heteroatoms. The van der Waals surface area contributed by atoms with Gasteiger partial charge in [0, 0.05) is 29.0 Å². The van der Waals surface area contributed by atoms with Gasteiger partial charge in [0.25, 0.3) is 5.69 Å². The Hall–Kier alpha value is -4.31. The third-order valence-corrected chi connectivity index (χ3v) is 5.07. The first kappa shape index (κ1) is 21.4. The number of anilines is 2. The standard InChI is InChI=1S/C24H22N4O3/c1-14-5-8-21(26)22(11-14)27-17(4)18(13-25)12-19-6-10-24(31-19)20-7-9-23(28(29)30)16(3)15(20)2/h5-12,27H,4,26H2,1-3H3/b18-12+. The monoisotopic (exact) mass is 414 g/mol. The summed E-state index contributed by atoms with van der Waals surface area (Å²) >= 11 is 0. The lowest BCUT2D eigenvalue weighted by Gasteiger charge is -2.11. The van der Waals surface area contributed by atoms with Gasteiger partial charge in [-0.25, -0.2) is 0 Å². The molecular weight excluding hydrogens is 392 g/mol. The van der Waals surface area contributed by atoms with Gasteiger partial charge < -0.3 is 15.5 Å². The van der Waals surface area contributed by atoms with E-state index in [1.807, 2.05) is 26.0 Å². The summed E-state index contributed by atoms with van der Waals surface area (Å²) in [6.45, 7) is 9.41. The highest BCUT2D eigenvalue weighted by Gasteiger charge is 2.17. The summed E-state index contributed by atoms with van der Waals surface area (Å²) in [6.07, 6.45) is 1.58. The second kappa shape index (κ2) is 8.59. The van der Waals surface area contributed by atoms with E-state index in [2.05, 4.69) is 18.0 Å². The van der Waals surface area contributed by atoms with Crippen LogP contribution in [-0.4, -0.2) is 4.92 Å². The molecule has 0 atom stereocenters. The van der Waals surface area contributed by atoms with Crippen molar-refractivity contribution in [3.63, 3.8) is 0 Å². The van der Waals surface area contributed by atoms with Gasteiger partial charge in [0.1, 0.15) is 17.6 Å². The van der Waals surface area contributed by atoms with Crippen molar-refractivity contribution < 1.29 is 9.34 Å². The maximum atomic E-state index is 11.1. The number of hydrogen-bond donors (Lipinski definition) is 2. The molecule has 1 heterocycles. The maximum absolute atomic E-state index is 11.1. The summed E-state index contributed by atoms with van der Waals surface area (Å²) in [4.78, 5) is 10.7. The highest BCUT2D eigenvalue weighted by atomic mass is 16.6. The molecule has 0 aliphatic carbocycles. The molecule has 2 aromatic carbocycles. The molecule has 0 saturated carbocycles. The smallest absolute Gasteiger partial charge is 0.272 e. The van der Waals surface area contributed by atoms with Crippen LogP contribution in [0, 0.1) is 42.2 Å². The Kier molecular flexibility index (Phi) is 5.93. The number of rotatable bonds is 6. The zero-order valence-electron chi connectivity index (χ0n) is 17.5. The number of nitrogens with one attached hydrogen (secondary N) is 1. The van der Waals surface area contributed by atoms with Gasteiger partial charge >= 0.3 is 0 Å². The molecule has 0 bridgehead atoms. The molecule has 0 radical (unpaired) electrons. The van der Waals surface area contributed by atoms with Crippen LogP contribution in [0.3, 0.4) is 0 Å². The van der Waals surface area contributed by atoms with E-state index in [4.69, 9.17) is 10.2 Å². The van der Waals surface area contributed by atoms with Gasteiger partial charge in [-0.3, -0.25) is 10.1 Å². The third-order valence-electron chi connectivity index (χ3n) is 5.07. The topological polar surface area (TPSA) is 118 Å². The fourth-order valence-corrected chi connectivity index (χ4v) is 3.18. The zero-order chi connectivity index (χ0) is 22.7. The molecule has 3 N–H and O–H groups in total. The fourth-order valence-electron chi connectivity index (χ4n) is 3.18. The summed E-state index contributed by atoms with van der Waals surface area (Å²) in [5.41, 5.74) is 11.1. The molecule has 3 aromatic rings. The molecular formula is C24H22N4O3. The lowest BCUT2D eigenvalue weighted by molar-refractivity contribution is -0.385. The van der Waals surface area contributed by atoms with Crippen molar-refractivity contribution in [2.45, 2.75) is 20.8 Å². The van der Waals surface area contributed by atoms with Crippen LogP contribution in [0.4, 0.5) is 17.1 Å². The molecule has 0 aliphatic rings. The normalized spacial score (nSPS) is 11.1. The largest absolute Gasteiger partial charge is 0.457 e. The van der Waals surface area contributed by atoms with Crippen molar-refractivity contribution >= 4 is 23.1 Å². The predicted octanol–water partition coefficient (Wildman–Crippen LogP) is 5.90. The van der Waals surface area contributed by atoms with E-state index in [-0.39, 0.29) is 5.69 Å². The molecule has 0 spiro atoms. The van der Waals surface area contributed by atoms with Crippen LogP contribution in [0.25, 0.3) is 17.4 Å². The number of benzene rings is 2. The number of nitrogen functional groups attached to an aromatic ring is 1. The van der Waals surface area contributed by atoms with Gasteiger partial charge in [-0.1, -0.05) is 12.6 Å². The second-order valence-corrected chi connectivity index (χ2v) is 7.21. The first-order valence-electron chi connectivity index (χ1n) is 9.50. The van der Waals surface area contributed by atoms with E-state index in [1.54, 1.807) is 37.3 Å². The van der Waals surface area contributed by atoms with Crippen molar-refractivity contribution in [3.05, 3.63) is 92.9 Å². The first-order valence-corrected chi connectivity index (χ1v) is 9.50. The molecule has 31 heavy (non-hydrogen) atoms. The lowest BCUT2D eigenvalue weighted by atomic mass is 10.00. The number of allylic oxidation sites excluding steroid dienone is 1. The van der Waals surface area contributed by atoms with E-state index in [0.717, 1.165) is 16.7 Å². The van der Waals surface area contributed by atoms with Crippen LogP contribution in [0.2, 0.25) is 0 Å². The molecule has 0 amide bonds. The van der Waals surface area contributed by atoms with E-state index in [0.29, 0.717) is 39.7 Å². The number of aryl methyl sites for hydroxylation is 1. The molecule has 0 aliphatic heterocycles. The summed E-state index contributed by atoms with van der Waals surface area (Å²) in [5.74, 6) is 1.02. The number of furan rings is 1. The van der Waals surface area contributed by atoms with Crippen molar-refractivity contribution in [3.8, 4) is 17.4 Å². The maximum Gasteiger partial charge on any atom is 0.272 e. The van der Waals surface area contributed by atoms with Crippen LogP contribution in [0.15, 0.2) is 64.7 Å². The summed E-state index contributed by atoms with van der Waals surface area (Å²) in [6, 6.07) is 14.3. The van der Waals surface area contributed by atoms with Crippen molar-refractivity contribution in [1.82, 2.24) is 0 Å². The van der Waals surface area contributed by atoms with Crippen LogP contribution in [-0.2, 0) is 0 Å². The Balaban J connectivity index is 1.88. The van der Waals surface area contributed by atoms with Gasteiger partial charge in [0.05, 0.1) is 21.9 Å². The number of nitro groups is 1.